The molecule has 5 nitrogen and oxygen atoms in total. The zero-order chi connectivity index (χ0) is 12.5. The van der Waals surface area contributed by atoms with Gasteiger partial charge in [0.1, 0.15) is 12.4 Å². The summed E-state index contributed by atoms with van der Waals surface area (Å²) < 4.78 is 37.6. The van der Waals surface area contributed by atoms with Crippen LogP contribution in [0.15, 0.2) is 12.4 Å². The number of halogens is 3. The fourth-order valence-electron chi connectivity index (χ4n) is 1.63. The van der Waals surface area contributed by atoms with Gasteiger partial charge in [0.05, 0.1) is 6.54 Å². The molecular weight excluding hydrogens is 237 g/mol. The SMILES string of the molecule is O=C(NCC(F)(F)F)N1CCn2ccnc2C1. The van der Waals surface area contributed by atoms with E-state index in [1.807, 2.05) is 9.88 Å². The minimum Gasteiger partial charge on any atom is -0.332 e. The monoisotopic (exact) mass is 248 g/mol. The smallest absolute Gasteiger partial charge is 0.332 e. The maximum atomic E-state index is 11.9. The van der Waals surface area contributed by atoms with Crippen molar-refractivity contribution in [3.05, 3.63) is 18.2 Å². The fraction of sp³-hybridized carbons (Fsp3) is 0.556. The minimum atomic E-state index is -4.39. The van der Waals surface area contributed by atoms with Crippen LogP contribution in [0, 0.1) is 0 Å². The molecule has 0 fully saturated rings. The van der Waals surface area contributed by atoms with Crippen LogP contribution in [-0.4, -0.2) is 39.7 Å². The molecule has 1 N–H and O–H groups in total. The predicted octanol–water partition coefficient (Wildman–Crippen LogP) is 0.971. The van der Waals surface area contributed by atoms with E-state index in [2.05, 4.69) is 4.98 Å². The Morgan fingerprint density at radius 2 is 2.24 bits per heavy atom. The molecule has 2 amide bonds. The molecule has 0 aliphatic carbocycles. The second kappa shape index (κ2) is 4.27. The average molecular weight is 248 g/mol. The van der Waals surface area contributed by atoms with Gasteiger partial charge in [-0.25, -0.2) is 9.78 Å². The Morgan fingerprint density at radius 1 is 1.47 bits per heavy atom. The summed E-state index contributed by atoms with van der Waals surface area (Å²) in [6.45, 7) is -0.144. The number of amides is 2. The van der Waals surface area contributed by atoms with Gasteiger partial charge in [-0.15, -0.1) is 0 Å². The summed E-state index contributed by atoms with van der Waals surface area (Å²) in [4.78, 5) is 16.8. The maximum Gasteiger partial charge on any atom is 0.405 e. The van der Waals surface area contributed by atoms with Gasteiger partial charge >= 0.3 is 12.2 Å². The van der Waals surface area contributed by atoms with E-state index in [0.29, 0.717) is 18.9 Å². The van der Waals surface area contributed by atoms with Crippen LogP contribution in [0.25, 0.3) is 0 Å². The number of imidazole rings is 1. The van der Waals surface area contributed by atoms with Gasteiger partial charge in [0.15, 0.2) is 0 Å². The standard InChI is InChI=1S/C9H11F3N4O/c10-9(11,12)6-14-8(17)16-4-3-15-2-1-13-7(15)5-16/h1-2H,3-6H2,(H,14,17). The molecule has 0 bridgehead atoms. The van der Waals surface area contributed by atoms with Crippen LogP contribution >= 0.6 is 0 Å². The molecular formula is C9H11F3N4O. The summed E-state index contributed by atoms with van der Waals surface area (Å²) in [6, 6.07) is -0.712. The van der Waals surface area contributed by atoms with E-state index in [1.54, 1.807) is 12.4 Å². The summed E-state index contributed by atoms with van der Waals surface area (Å²) in [5.74, 6) is 0.679. The highest BCUT2D eigenvalue weighted by Crippen LogP contribution is 2.14. The van der Waals surface area contributed by atoms with Gasteiger partial charge in [0.25, 0.3) is 0 Å². The largest absolute Gasteiger partial charge is 0.405 e. The highest BCUT2D eigenvalue weighted by Gasteiger charge is 2.29. The van der Waals surface area contributed by atoms with Crippen LogP contribution in [-0.2, 0) is 13.1 Å². The molecule has 2 rings (SSSR count). The topological polar surface area (TPSA) is 50.2 Å². The summed E-state index contributed by atoms with van der Waals surface area (Å²) in [5.41, 5.74) is 0. The predicted molar refractivity (Wildman–Crippen MR) is 52.1 cm³/mol. The molecule has 0 radical (unpaired) electrons. The first kappa shape index (κ1) is 11.7. The molecule has 1 aromatic heterocycles. The van der Waals surface area contributed by atoms with Gasteiger partial charge < -0.3 is 14.8 Å². The highest BCUT2D eigenvalue weighted by molar-refractivity contribution is 5.74. The van der Waals surface area contributed by atoms with E-state index in [1.165, 1.54) is 4.90 Å². The van der Waals surface area contributed by atoms with Crippen molar-refractivity contribution in [3.8, 4) is 0 Å². The van der Waals surface area contributed by atoms with Crippen molar-refractivity contribution < 1.29 is 18.0 Å². The molecule has 0 saturated carbocycles. The molecule has 1 aromatic rings. The van der Waals surface area contributed by atoms with Crippen molar-refractivity contribution in [2.75, 3.05) is 13.1 Å². The van der Waals surface area contributed by atoms with Crippen molar-refractivity contribution in [2.45, 2.75) is 19.3 Å². The summed E-state index contributed by atoms with van der Waals surface area (Å²) in [5, 5.41) is 1.84. The molecule has 94 valence electrons. The number of hydrogen-bond acceptors (Lipinski definition) is 2. The number of carbonyl (C=O) groups excluding carboxylic acids is 1. The van der Waals surface area contributed by atoms with Crippen LogP contribution in [0.2, 0.25) is 0 Å². The highest BCUT2D eigenvalue weighted by atomic mass is 19.4. The molecule has 0 atom stereocenters. The lowest BCUT2D eigenvalue weighted by Crippen LogP contribution is -2.46. The number of fused-ring (bicyclic) bond motifs is 1. The Hall–Kier alpha value is -1.73. The maximum absolute atomic E-state index is 11.9. The molecule has 1 aliphatic heterocycles. The third-order valence-corrected chi connectivity index (χ3v) is 2.47. The Balaban J connectivity index is 1.90. The van der Waals surface area contributed by atoms with E-state index in [0.717, 1.165) is 0 Å². The number of alkyl halides is 3. The van der Waals surface area contributed by atoms with Gasteiger partial charge in [-0.05, 0) is 0 Å². The first-order valence-electron chi connectivity index (χ1n) is 5.05. The number of carbonyl (C=O) groups is 1. The van der Waals surface area contributed by atoms with Crippen LogP contribution in [0.1, 0.15) is 5.82 Å². The Bertz CT molecular complexity index is 415. The van der Waals surface area contributed by atoms with Crippen molar-refractivity contribution in [1.29, 1.82) is 0 Å². The summed E-state index contributed by atoms with van der Waals surface area (Å²) in [7, 11) is 0. The molecule has 17 heavy (non-hydrogen) atoms. The van der Waals surface area contributed by atoms with E-state index >= 15 is 0 Å². The summed E-state index contributed by atoms with van der Waals surface area (Å²) in [6.07, 6.45) is -1.00. The fourth-order valence-corrected chi connectivity index (χ4v) is 1.63. The number of aromatic nitrogens is 2. The lowest BCUT2D eigenvalue weighted by Gasteiger charge is -2.27. The van der Waals surface area contributed by atoms with Gasteiger partial charge in [-0.2, -0.15) is 13.2 Å². The molecule has 0 spiro atoms. The van der Waals surface area contributed by atoms with Crippen molar-refractivity contribution in [2.24, 2.45) is 0 Å². The first-order chi connectivity index (χ1) is 7.96. The quantitative estimate of drug-likeness (QED) is 0.805. The molecule has 0 aromatic carbocycles. The van der Waals surface area contributed by atoms with Gasteiger partial charge in [0.2, 0.25) is 0 Å². The Morgan fingerprint density at radius 3 is 2.94 bits per heavy atom. The third kappa shape index (κ3) is 2.89. The van der Waals surface area contributed by atoms with Crippen molar-refractivity contribution >= 4 is 6.03 Å². The van der Waals surface area contributed by atoms with E-state index in [-0.39, 0.29) is 6.54 Å². The lowest BCUT2D eigenvalue weighted by atomic mass is 10.4. The Labute approximate surface area is 95.2 Å². The zero-order valence-electron chi connectivity index (χ0n) is 8.87. The third-order valence-electron chi connectivity index (χ3n) is 2.47. The average Bonchev–Trinajstić information content (AvgIpc) is 2.71. The number of nitrogens with zero attached hydrogens (tertiary/aromatic N) is 3. The zero-order valence-corrected chi connectivity index (χ0v) is 8.87. The molecule has 0 saturated heterocycles. The summed E-state index contributed by atoms with van der Waals surface area (Å²) >= 11 is 0. The molecule has 2 heterocycles. The normalized spacial score (nSPS) is 15.6. The van der Waals surface area contributed by atoms with Crippen LogP contribution in [0.4, 0.5) is 18.0 Å². The van der Waals surface area contributed by atoms with Crippen LogP contribution < -0.4 is 5.32 Å². The second-order valence-electron chi connectivity index (χ2n) is 3.73. The minimum absolute atomic E-state index is 0.233. The molecule has 8 heteroatoms. The van der Waals surface area contributed by atoms with Gasteiger partial charge in [-0.1, -0.05) is 0 Å². The number of rotatable bonds is 1. The number of urea groups is 1. The van der Waals surface area contributed by atoms with E-state index in [9.17, 15) is 18.0 Å². The number of nitrogens with one attached hydrogen (secondary N) is 1. The van der Waals surface area contributed by atoms with E-state index < -0.39 is 18.8 Å². The van der Waals surface area contributed by atoms with Gasteiger partial charge in [0, 0.05) is 25.5 Å². The Kier molecular flexibility index (Phi) is 2.95. The number of hydrogen-bond donors (Lipinski definition) is 1. The molecule has 1 aliphatic rings. The lowest BCUT2D eigenvalue weighted by molar-refractivity contribution is -0.123. The first-order valence-corrected chi connectivity index (χ1v) is 5.05. The van der Waals surface area contributed by atoms with E-state index in [4.69, 9.17) is 0 Å². The van der Waals surface area contributed by atoms with Crippen molar-refractivity contribution in [1.82, 2.24) is 19.8 Å². The van der Waals surface area contributed by atoms with Crippen molar-refractivity contribution in [3.63, 3.8) is 0 Å². The second-order valence-corrected chi connectivity index (χ2v) is 3.73. The van der Waals surface area contributed by atoms with Gasteiger partial charge in [-0.3, -0.25) is 0 Å². The molecule has 0 unspecified atom stereocenters. The van der Waals surface area contributed by atoms with Crippen LogP contribution in [0.3, 0.4) is 0 Å². The van der Waals surface area contributed by atoms with Crippen LogP contribution in [0.5, 0.6) is 0 Å².